The zero-order valence-corrected chi connectivity index (χ0v) is 12.4. The first-order chi connectivity index (χ1) is 9.47. The van der Waals surface area contributed by atoms with Crippen molar-refractivity contribution in [2.24, 2.45) is 0 Å². The standard InChI is InChI=1S/C12H19F3N4S/c1-3-16-9-8-10(17-6-4-5-7-20-2)19-11(18-9)12(13,14)15/h8H,3-7H2,1-2H3,(H2,16,17,18,19). The van der Waals surface area contributed by atoms with E-state index >= 15 is 0 Å². The topological polar surface area (TPSA) is 49.8 Å². The molecule has 0 radical (unpaired) electrons. The van der Waals surface area contributed by atoms with E-state index in [1.54, 1.807) is 18.7 Å². The lowest BCUT2D eigenvalue weighted by molar-refractivity contribution is -0.144. The van der Waals surface area contributed by atoms with E-state index in [2.05, 4.69) is 20.6 Å². The molecule has 114 valence electrons. The molecule has 2 N–H and O–H groups in total. The van der Waals surface area contributed by atoms with Crippen LogP contribution < -0.4 is 10.6 Å². The Morgan fingerprint density at radius 2 is 1.80 bits per heavy atom. The second-order valence-corrected chi connectivity index (χ2v) is 5.10. The fourth-order valence-corrected chi connectivity index (χ4v) is 2.02. The van der Waals surface area contributed by atoms with Gasteiger partial charge < -0.3 is 10.6 Å². The summed E-state index contributed by atoms with van der Waals surface area (Å²) in [7, 11) is 0. The summed E-state index contributed by atoms with van der Waals surface area (Å²) in [4.78, 5) is 6.97. The molecule has 8 heteroatoms. The van der Waals surface area contributed by atoms with Crippen LogP contribution in [0.25, 0.3) is 0 Å². The van der Waals surface area contributed by atoms with Crippen LogP contribution >= 0.6 is 11.8 Å². The van der Waals surface area contributed by atoms with Gasteiger partial charge in [-0.15, -0.1) is 0 Å². The van der Waals surface area contributed by atoms with Crippen molar-refractivity contribution in [2.75, 3.05) is 35.7 Å². The van der Waals surface area contributed by atoms with E-state index in [1.165, 1.54) is 6.07 Å². The van der Waals surface area contributed by atoms with Crippen LogP contribution in [0.1, 0.15) is 25.6 Å². The Morgan fingerprint density at radius 1 is 1.15 bits per heavy atom. The van der Waals surface area contributed by atoms with Crippen LogP contribution in [0.15, 0.2) is 6.07 Å². The van der Waals surface area contributed by atoms with E-state index in [0.717, 1.165) is 18.6 Å². The molecule has 0 fully saturated rings. The van der Waals surface area contributed by atoms with E-state index in [1.807, 2.05) is 6.26 Å². The molecule has 0 amide bonds. The lowest BCUT2D eigenvalue weighted by Crippen LogP contribution is -2.15. The summed E-state index contributed by atoms with van der Waals surface area (Å²) in [5, 5.41) is 5.69. The molecule has 0 saturated carbocycles. The smallest absolute Gasteiger partial charge is 0.370 e. The van der Waals surface area contributed by atoms with Gasteiger partial charge in [0.25, 0.3) is 0 Å². The molecule has 0 aliphatic carbocycles. The van der Waals surface area contributed by atoms with Crippen LogP contribution in [0, 0.1) is 0 Å². The number of nitrogens with one attached hydrogen (secondary N) is 2. The molecule has 1 rings (SSSR count). The van der Waals surface area contributed by atoms with Crippen LogP contribution in [0.2, 0.25) is 0 Å². The summed E-state index contributed by atoms with van der Waals surface area (Å²) in [6, 6.07) is 1.49. The first-order valence-corrected chi connectivity index (χ1v) is 7.79. The number of alkyl halides is 3. The Morgan fingerprint density at radius 3 is 2.35 bits per heavy atom. The molecule has 1 aromatic rings. The minimum atomic E-state index is -4.54. The number of nitrogens with zero attached hydrogens (tertiary/aromatic N) is 2. The number of rotatable bonds is 8. The van der Waals surface area contributed by atoms with Gasteiger partial charge in [0.05, 0.1) is 0 Å². The maximum absolute atomic E-state index is 12.7. The van der Waals surface area contributed by atoms with Gasteiger partial charge in [-0.1, -0.05) is 0 Å². The SMILES string of the molecule is CCNc1cc(NCCCCSC)nc(C(F)(F)F)n1. The van der Waals surface area contributed by atoms with Gasteiger partial charge in [-0.05, 0) is 31.8 Å². The average molecular weight is 308 g/mol. The molecule has 0 saturated heterocycles. The predicted molar refractivity (Wildman–Crippen MR) is 77.3 cm³/mol. The number of hydrogen-bond acceptors (Lipinski definition) is 5. The third-order valence-corrected chi connectivity index (χ3v) is 3.12. The van der Waals surface area contributed by atoms with Crippen LogP contribution in [0.3, 0.4) is 0 Å². The number of hydrogen-bond donors (Lipinski definition) is 2. The Hall–Kier alpha value is -1.18. The highest BCUT2D eigenvalue weighted by atomic mass is 32.2. The van der Waals surface area contributed by atoms with Gasteiger partial charge in [0, 0.05) is 19.2 Å². The molecule has 0 unspecified atom stereocenters. The van der Waals surface area contributed by atoms with Gasteiger partial charge in [-0.3, -0.25) is 0 Å². The quantitative estimate of drug-likeness (QED) is 0.720. The van der Waals surface area contributed by atoms with Gasteiger partial charge in [0.2, 0.25) is 5.82 Å². The van der Waals surface area contributed by atoms with Crippen molar-refractivity contribution in [3.8, 4) is 0 Å². The maximum atomic E-state index is 12.7. The molecule has 1 aromatic heterocycles. The number of aromatic nitrogens is 2. The molecule has 0 aliphatic rings. The Bertz CT molecular complexity index is 412. The molecule has 1 heterocycles. The lowest BCUT2D eigenvalue weighted by atomic mass is 10.3. The van der Waals surface area contributed by atoms with Crippen molar-refractivity contribution in [2.45, 2.75) is 25.9 Å². The second-order valence-electron chi connectivity index (χ2n) is 4.12. The van der Waals surface area contributed by atoms with Gasteiger partial charge in [0.15, 0.2) is 0 Å². The maximum Gasteiger partial charge on any atom is 0.451 e. The van der Waals surface area contributed by atoms with Crippen LogP contribution in [0.4, 0.5) is 24.8 Å². The zero-order chi connectivity index (χ0) is 15.0. The van der Waals surface area contributed by atoms with E-state index < -0.39 is 12.0 Å². The van der Waals surface area contributed by atoms with E-state index in [4.69, 9.17) is 0 Å². The summed E-state index contributed by atoms with van der Waals surface area (Å²) in [5.41, 5.74) is 0. The fourth-order valence-electron chi connectivity index (χ4n) is 1.52. The third kappa shape index (κ3) is 5.85. The van der Waals surface area contributed by atoms with Crippen molar-refractivity contribution in [3.63, 3.8) is 0 Å². The number of unbranched alkanes of at least 4 members (excludes halogenated alkanes) is 1. The molecular formula is C12H19F3N4S. The molecule has 0 aromatic carbocycles. The van der Waals surface area contributed by atoms with Crippen molar-refractivity contribution in [1.82, 2.24) is 9.97 Å². The number of anilines is 2. The minimum Gasteiger partial charge on any atom is -0.370 e. The molecule has 4 nitrogen and oxygen atoms in total. The van der Waals surface area contributed by atoms with Crippen LogP contribution in [-0.4, -0.2) is 35.1 Å². The summed E-state index contributed by atoms with van der Waals surface area (Å²) < 4.78 is 38.1. The summed E-state index contributed by atoms with van der Waals surface area (Å²) >= 11 is 1.75. The molecule has 20 heavy (non-hydrogen) atoms. The monoisotopic (exact) mass is 308 g/mol. The van der Waals surface area contributed by atoms with Crippen molar-refractivity contribution in [3.05, 3.63) is 11.9 Å². The zero-order valence-electron chi connectivity index (χ0n) is 11.5. The van der Waals surface area contributed by atoms with Crippen LogP contribution in [0.5, 0.6) is 0 Å². The van der Waals surface area contributed by atoms with Gasteiger partial charge in [-0.2, -0.15) is 24.9 Å². The summed E-state index contributed by atoms with van der Waals surface area (Å²) in [6.07, 6.45) is -0.606. The normalized spacial score (nSPS) is 11.4. The summed E-state index contributed by atoms with van der Waals surface area (Å²) in [5.74, 6) is 0.304. The highest BCUT2D eigenvalue weighted by molar-refractivity contribution is 7.98. The molecular weight excluding hydrogens is 289 g/mol. The second kappa shape index (κ2) is 8.18. The first-order valence-electron chi connectivity index (χ1n) is 6.40. The van der Waals surface area contributed by atoms with Crippen molar-refractivity contribution >= 4 is 23.4 Å². The van der Waals surface area contributed by atoms with Gasteiger partial charge in [-0.25, -0.2) is 9.97 Å². The van der Waals surface area contributed by atoms with Crippen molar-refractivity contribution in [1.29, 1.82) is 0 Å². The summed E-state index contributed by atoms with van der Waals surface area (Å²) in [6.45, 7) is 2.90. The van der Waals surface area contributed by atoms with E-state index in [0.29, 0.717) is 13.1 Å². The van der Waals surface area contributed by atoms with Crippen molar-refractivity contribution < 1.29 is 13.2 Å². The van der Waals surface area contributed by atoms with E-state index in [-0.39, 0.29) is 11.6 Å². The Balaban J connectivity index is 2.71. The fraction of sp³-hybridized carbons (Fsp3) is 0.667. The van der Waals surface area contributed by atoms with Gasteiger partial charge >= 0.3 is 6.18 Å². The molecule has 0 aliphatic heterocycles. The number of thioether (sulfide) groups is 1. The highest BCUT2D eigenvalue weighted by Gasteiger charge is 2.35. The lowest BCUT2D eigenvalue weighted by Gasteiger charge is -2.12. The predicted octanol–water partition coefficient (Wildman–Crippen LogP) is 3.48. The Labute approximate surface area is 121 Å². The molecule has 0 spiro atoms. The van der Waals surface area contributed by atoms with Gasteiger partial charge in [0.1, 0.15) is 11.6 Å². The molecule has 0 bridgehead atoms. The number of halogens is 3. The van der Waals surface area contributed by atoms with Crippen LogP contribution in [-0.2, 0) is 6.18 Å². The highest BCUT2D eigenvalue weighted by Crippen LogP contribution is 2.28. The third-order valence-electron chi connectivity index (χ3n) is 2.42. The average Bonchev–Trinajstić information content (AvgIpc) is 2.38. The minimum absolute atomic E-state index is 0.182. The molecule has 0 atom stereocenters. The Kier molecular flexibility index (Phi) is 6.90. The largest absolute Gasteiger partial charge is 0.451 e. The van der Waals surface area contributed by atoms with E-state index in [9.17, 15) is 13.2 Å². The first kappa shape index (κ1) is 16.9.